The van der Waals surface area contributed by atoms with Gasteiger partial charge in [-0.05, 0) is 114 Å². The van der Waals surface area contributed by atoms with Crippen molar-refractivity contribution >= 4 is 29.0 Å². The molecule has 11 nitrogen and oxygen atoms in total. The molecule has 2 heterocycles. The molecule has 12 heteroatoms. The first-order chi connectivity index (χ1) is 24.0. The van der Waals surface area contributed by atoms with Crippen molar-refractivity contribution in [2.24, 2.45) is 11.3 Å². The molecule has 1 saturated carbocycles. The van der Waals surface area contributed by atoms with Crippen LogP contribution < -0.4 is 10.5 Å². The number of amides is 2. The quantitative estimate of drug-likeness (QED) is 0.205. The molecular weight excluding hydrogens is 667 g/mol. The van der Waals surface area contributed by atoms with Crippen molar-refractivity contribution in [2.75, 3.05) is 25.4 Å². The number of nitrogens with two attached hydrogens (primary N) is 1. The number of benzene rings is 2. The van der Waals surface area contributed by atoms with Gasteiger partial charge in [-0.3, -0.25) is 4.79 Å². The van der Waals surface area contributed by atoms with Gasteiger partial charge in [-0.15, -0.1) is 0 Å². The molecule has 2 amide bonds. The average molecular weight is 720 g/mol. The fraction of sp³-hybridized carbons (Fsp3) is 0.538. The first-order valence-electron chi connectivity index (χ1n) is 17.8. The van der Waals surface area contributed by atoms with Gasteiger partial charge in [0.25, 0.3) is 5.91 Å². The second-order valence-electron chi connectivity index (χ2n) is 15.7. The van der Waals surface area contributed by atoms with Gasteiger partial charge in [0.05, 0.1) is 16.6 Å². The largest absolute Gasteiger partial charge is 0.475 e. The molecule has 0 radical (unpaired) electrons. The Morgan fingerprint density at radius 1 is 1.06 bits per heavy atom. The molecule has 276 valence electrons. The highest BCUT2D eigenvalue weighted by molar-refractivity contribution is 7.79. The van der Waals surface area contributed by atoms with Crippen molar-refractivity contribution in [3.8, 4) is 17.1 Å². The van der Waals surface area contributed by atoms with Crippen LogP contribution in [0.1, 0.15) is 93.8 Å². The third kappa shape index (κ3) is 8.89. The number of likely N-dealkylation sites (tertiary alicyclic amines) is 1. The van der Waals surface area contributed by atoms with E-state index >= 15 is 0 Å². The maximum Gasteiger partial charge on any atom is 0.410 e. The van der Waals surface area contributed by atoms with E-state index in [0.717, 1.165) is 47.9 Å². The van der Waals surface area contributed by atoms with E-state index in [1.54, 1.807) is 23.1 Å². The molecule has 2 aliphatic rings. The molecule has 1 spiro atoms. The zero-order chi connectivity index (χ0) is 37.2. The second-order valence-corrected chi connectivity index (χ2v) is 16.7. The van der Waals surface area contributed by atoms with E-state index in [1.165, 1.54) is 6.07 Å². The molecule has 1 aliphatic heterocycles. The zero-order valence-electron chi connectivity index (χ0n) is 31.2. The fourth-order valence-corrected chi connectivity index (χ4v) is 8.04. The fourth-order valence-electron chi connectivity index (χ4n) is 7.62. The molecule has 2 aromatic carbocycles. The van der Waals surface area contributed by atoms with E-state index in [0.29, 0.717) is 36.6 Å². The number of rotatable bonds is 10. The Labute approximate surface area is 304 Å². The molecule has 1 unspecified atom stereocenters. The van der Waals surface area contributed by atoms with Crippen LogP contribution in [0, 0.1) is 32.1 Å². The van der Waals surface area contributed by atoms with E-state index in [1.807, 2.05) is 64.6 Å². The number of nitrogen functional groups attached to an aromatic ring is 1. The third-order valence-corrected chi connectivity index (χ3v) is 10.8. The molecule has 5 rings (SSSR count). The van der Waals surface area contributed by atoms with Crippen LogP contribution in [0.5, 0.6) is 5.88 Å². The molecule has 1 aromatic heterocycles. The van der Waals surface area contributed by atoms with Gasteiger partial charge in [0, 0.05) is 35.8 Å². The summed E-state index contributed by atoms with van der Waals surface area (Å²) in [5, 5.41) is 0. The summed E-state index contributed by atoms with van der Waals surface area (Å²) in [6, 6.07) is 12.0. The van der Waals surface area contributed by atoms with Gasteiger partial charge < -0.3 is 29.6 Å². The first kappa shape index (κ1) is 38.2. The predicted molar refractivity (Wildman–Crippen MR) is 199 cm³/mol. The van der Waals surface area contributed by atoms with Crippen LogP contribution in [0.15, 0.2) is 47.4 Å². The van der Waals surface area contributed by atoms with E-state index in [4.69, 9.17) is 15.2 Å². The standard InChI is InChI=1S/C39H53N5O6S/c1-24(2)19-29(23-49-34-27(5)33(41-36(40)42-34)32-25(3)11-9-12-26(32)4)44(35(45)28-13-10-14-31(20-28)51(47)48)30-21-39(22-30)15-17-43(18-16-39)37(46)50-38(6,7)8/h9-14,20,24,29-30H,15-19,21-23H2,1-8H3,(H,47,48)(H2,40,41,42)/t29-/m1/s1. The van der Waals surface area contributed by atoms with Crippen molar-refractivity contribution in [1.29, 1.82) is 0 Å². The number of carbonyl (C=O) groups is 2. The lowest BCUT2D eigenvalue weighted by Gasteiger charge is -2.56. The maximum atomic E-state index is 14.5. The van der Waals surface area contributed by atoms with Crippen LogP contribution in [0.25, 0.3) is 11.3 Å². The van der Waals surface area contributed by atoms with Crippen LogP contribution in [0.3, 0.4) is 0 Å². The minimum atomic E-state index is -2.23. The molecular formula is C39H53N5O6S. The number of hydrogen-bond acceptors (Lipinski definition) is 8. The molecule has 2 atom stereocenters. The highest BCUT2D eigenvalue weighted by Crippen LogP contribution is 2.52. The summed E-state index contributed by atoms with van der Waals surface area (Å²) in [5.41, 5.74) is 10.7. The van der Waals surface area contributed by atoms with Crippen molar-refractivity contribution < 1.29 is 27.8 Å². The van der Waals surface area contributed by atoms with Gasteiger partial charge in [0.15, 0.2) is 11.1 Å². The van der Waals surface area contributed by atoms with Crippen molar-refractivity contribution in [1.82, 2.24) is 19.8 Å². The highest BCUT2D eigenvalue weighted by Gasteiger charge is 2.51. The predicted octanol–water partition coefficient (Wildman–Crippen LogP) is 7.35. The summed E-state index contributed by atoms with van der Waals surface area (Å²) in [6.07, 6.45) is 3.61. The maximum absolute atomic E-state index is 14.5. The third-order valence-electron chi connectivity index (χ3n) is 10.1. The van der Waals surface area contributed by atoms with Gasteiger partial charge in [0.1, 0.15) is 12.2 Å². The Hall–Kier alpha value is -4.03. The molecule has 1 saturated heterocycles. The number of anilines is 1. The van der Waals surface area contributed by atoms with Gasteiger partial charge in [-0.25, -0.2) is 14.0 Å². The number of carbonyl (C=O) groups excluding carboxylic acids is 2. The molecule has 3 N–H and O–H groups in total. The van der Waals surface area contributed by atoms with Crippen LogP contribution in [-0.2, 0) is 15.8 Å². The summed E-state index contributed by atoms with van der Waals surface area (Å²) in [6.45, 7) is 17.2. The second kappa shape index (κ2) is 15.3. The number of hydrogen-bond donors (Lipinski definition) is 2. The number of piperidine rings is 1. The van der Waals surface area contributed by atoms with Crippen LogP contribution in [-0.4, -0.2) is 77.9 Å². The van der Waals surface area contributed by atoms with Crippen molar-refractivity contribution in [3.63, 3.8) is 0 Å². The van der Waals surface area contributed by atoms with Crippen molar-refractivity contribution in [3.05, 3.63) is 64.7 Å². The summed E-state index contributed by atoms with van der Waals surface area (Å²) in [7, 11) is 0. The summed E-state index contributed by atoms with van der Waals surface area (Å²) in [5.74, 6) is 0.503. The van der Waals surface area contributed by atoms with Gasteiger partial charge >= 0.3 is 6.09 Å². The normalized spacial score (nSPS) is 17.2. The lowest BCUT2D eigenvalue weighted by atomic mass is 9.59. The SMILES string of the molecule is Cc1cccc(C)c1-c1nc(N)nc(OC[C@@H](CC(C)C)N(C(=O)c2cccc(S(=O)O)c2)C2CC3(CCN(C(=O)OC(C)(C)C)CC3)C2)c1C. The summed E-state index contributed by atoms with van der Waals surface area (Å²) < 4.78 is 33.9. The Morgan fingerprint density at radius 2 is 1.69 bits per heavy atom. The summed E-state index contributed by atoms with van der Waals surface area (Å²) >= 11 is -2.23. The van der Waals surface area contributed by atoms with E-state index < -0.39 is 16.7 Å². The topological polar surface area (TPSA) is 148 Å². The Morgan fingerprint density at radius 3 is 2.27 bits per heavy atom. The number of aromatic nitrogens is 2. The Balaban J connectivity index is 1.43. The molecule has 51 heavy (non-hydrogen) atoms. The van der Waals surface area contributed by atoms with Gasteiger partial charge in [-0.2, -0.15) is 4.98 Å². The van der Waals surface area contributed by atoms with Crippen molar-refractivity contribution in [2.45, 2.75) is 110 Å². The monoisotopic (exact) mass is 719 g/mol. The van der Waals surface area contributed by atoms with Crippen LogP contribution in [0.2, 0.25) is 0 Å². The van der Waals surface area contributed by atoms with Crippen LogP contribution in [0.4, 0.5) is 10.7 Å². The summed E-state index contributed by atoms with van der Waals surface area (Å²) in [4.78, 5) is 40.3. The number of nitrogens with zero attached hydrogens (tertiary/aromatic N) is 4. The highest BCUT2D eigenvalue weighted by atomic mass is 32.2. The van der Waals surface area contributed by atoms with Gasteiger partial charge in [-0.1, -0.05) is 38.1 Å². The van der Waals surface area contributed by atoms with E-state index in [9.17, 15) is 18.4 Å². The molecule has 3 aromatic rings. The first-order valence-corrected chi connectivity index (χ1v) is 18.9. The smallest absolute Gasteiger partial charge is 0.410 e. The van der Waals surface area contributed by atoms with E-state index in [2.05, 4.69) is 23.8 Å². The molecule has 2 fully saturated rings. The molecule has 0 bridgehead atoms. The Kier molecular flexibility index (Phi) is 11.5. The Bertz CT molecular complexity index is 1750. The lowest BCUT2D eigenvalue weighted by Crippen LogP contribution is -2.60. The van der Waals surface area contributed by atoms with E-state index in [-0.39, 0.29) is 52.9 Å². The number of ether oxygens (including phenoxy) is 2. The minimum absolute atomic E-state index is 0.0113. The average Bonchev–Trinajstić information content (AvgIpc) is 3.03. The molecule has 1 aliphatic carbocycles. The van der Waals surface area contributed by atoms with Crippen LogP contribution >= 0.6 is 0 Å². The zero-order valence-corrected chi connectivity index (χ0v) is 32.0. The van der Waals surface area contributed by atoms with Gasteiger partial charge in [0.2, 0.25) is 11.8 Å². The number of aryl methyl sites for hydroxylation is 2. The lowest BCUT2D eigenvalue weighted by molar-refractivity contribution is -0.0555. The minimum Gasteiger partial charge on any atom is -0.475 e.